The van der Waals surface area contributed by atoms with E-state index in [0.717, 1.165) is 11.1 Å². The van der Waals surface area contributed by atoms with Crippen LogP contribution in [0, 0.1) is 0 Å². The van der Waals surface area contributed by atoms with Gasteiger partial charge in [-0.25, -0.2) is 8.42 Å². The molecule has 0 fully saturated rings. The molecule has 0 spiro atoms. The van der Waals surface area contributed by atoms with Gasteiger partial charge >= 0.3 is 0 Å². The van der Waals surface area contributed by atoms with E-state index < -0.39 is 16.1 Å². The smallest absolute Gasteiger partial charge is 0.243 e. The number of hydrogen-bond donors (Lipinski definition) is 2. The molecular formula is C14H21N3O4S. The molecule has 1 unspecified atom stereocenters. The maximum atomic E-state index is 12.0. The quantitative estimate of drug-likeness (QED) is 0.787. The zero-order valence-electron chi connectivity index (χ0n) is 12.7. The SMILES string of the molecule is COCC(N)C(=O)Nc1cccc2c1CCN(S(C)(=O)=O)C2. The average molecular weight is 327 g/mol. The van der Waals surface area contributed by atoms with Gasteiger partial charge in [-0.3, -0.25) is 4.79 Å². The number of nitrogens with zero attached hydrogens (tertiary/aromatic N) is 1. The molecule has 1 atom stereocenters. The molecule has 0 saturated heterocycles. The van der Waals surface area contributed by atoms with Crippen LogP contribution >= 0.6 is 0 Å². The van der Waals surface area contributed by atoms with Crippen LogP contribution in [-0.4, -0.2) is 51.2 Å². The molecular weight excluding hydrogens is 306 g/mol. The number of amides is 1. The number of nitrogens with two attached hydrogens (primary N) is 1. The number of methoxy groups -OCH3 is 1. The van der Waals surface area contributed by atoms with Gasteiger partial charge in [0.25, 0.3) is 0 Å². The van der Waals surface area contributed by atoms with E-state index in [1.54, 1.807) is 12.1 Å². The van der Waals surface area contributed by atoms with Gasteiger partial charge in [-0.05, 0) is 23.6 Å². The summed E-state index contributed by atoms with van der Waals surface area (Å²) in [4.78, 5) is 12.0. The Kier molecular flexibility index (Phi) is 5.17. The van der Waals surface area contributed by atoms with Crippen molar-refractivity contribution >= 4 is 21.6 Å². The number of rotatable bonds is 5. The molecule has 2 rings (SSSR count). The number of carbonyl (C=O) groups is 1. The molecule has 0 saturated carbocycles. The normalized spacial score (nSPS) is 16.9. The summed E-state index contributed by atoms with van der Waals surface area (Å²) in [7, 11) is -1.73. The maximum absolute atomic E-state index is 12.0. The first-order chi connectivity index (χ1) is 10.3. The molecule has 122 valence electrons. The maximum Gasteiger partial charge on any atom is 0.243 e. The molecule has 0 radical (unpaired) electrons. The molecule has 22 heavy (non-hydrogen) atoms. The highest BCUT2D eigenvalue weighted by Crippen LogP contribution is 2.27. The Labute approximate surface area is 130 Å². The topological polar surface area (TPSA) is 102 Å². The van der Waals surface area contributed by atoms with Crippen molar-refractivity contribution in [2.75, 3.05) is 31.8 Å². The third-order valence-corrected chi connectivity index (χ3v) is 4.89. The van der Waals surface area contributed by atoms with Gasteiger partial charge in [0, 0.05) is 25.9 Å². The minimum atomic E-state index is -3.22. The monoisotopic (exact) mass is 327 g/mol. The van der Waals surface area contributed by atoms with Gasteiger partial charge in [0.1, 0.15) is 6.04 Å². The lowest BCUT2D eigenvalue weighted by atomic mass is 9.99. The Hall–Kier alpha value is -1.48. The van der Waals surface area contributed by atoms with E-state index >= 15 is 0 Å². The van der Waals surface area contributed by atoms with Crippen molar-refractivity contribution in [2.45, 2.75) is 19.0 Å². The molecule has 1 amide bonds. The van der Waals surface area contributed by atoms with Crippen LogP contribution in [0.3, 0.4) is 0 Å². The molecule has 1 aromatic rings. The highest BCUT2D eigenvalue weighted by molar-refractivity contribution is 7.88. The van der Waals surface area contributed by atoms with Crippen molar-refractivity contribution in [2.24, 2.45) is 5.73 Å². The van der Waals surface area contributed by atoms with Gasteiger partial charge < -0.3 is 15.8 Å². The van der Waals surface area contributed by atoms with Crippen LogP contribution in [0.4, 0.5) is 5.69 Å². The largest absolute Gasteiger partial charge is 0.383 e. The summed E-state index contributed by atoms with van der Waals surface area (Å²) in [6.45, 7) is 0.869. The highest BCUT2D eigenvalue weighted by atomic mass is 32.2. The summed E-state index contributed by atoms with van der Waals surface area (Å²) in [6, 6.07) is 4.73. The van der Waals surface area contributed by atoms with Crippen LogP contribution in [-0.2, 0) is 32.5 Å². The lowest BCUT2D eigenvalue weighted by Crippen LogP contribution is -2.40. The van der Waals surface area contributed by atoms with E-state index in [9.17, 15) is 13.2 Å². The second-order valence-corrected chi connectivity index (χ2v) is 7.32. The number of carbonyl (C=O) groups excluding carboxylic acids is 1. The second-order valence-electron chi connectivity index (χ2n) is 5.34. The number of sulfonamides is 1. The minimum Gasteiger partial charge on any atom is -0.383 e. The van der Waals surface area contributed by atoms with E-state index in [2.05, 4.69) is 5.32 Å². The fourth-order valence-electron chi connectivity index (χ4n) is 2.46. The third-order valence-electron chi connectivity index (χ3n) is 3.64. The highest BCUT2D eigenvalue weighted by Gasteiger charge is 2.25. The number of anilines is 1. The molecule has 1 aliphatic heterocycles. The van der Waals surface area contributed by atoms with Crippen LogP contribution < -0.4 is 11.1 Å². The Morgan fingerprint density at radius 1 is 1.50 bits per heavy atom. The summed E-state index contributed by atoms with van der Waals surface area (Å²) in [5.74, 6) is -0.319. The predicted molar refractivity (Wildman–Crippen MR) is 83.9 cm³/mol. The van der Waals surface area contributed by atoms with E-state index in [0.29, 0.717) is 25.2 Å². The van der Waals surface area contributed by atoms with Crippen molar-refractivity contribution in [3.63, 3.8) is 0 Å². The molecule has 1 heterocycles. The minimum absolute atomic E-state index is 0.142. The number of hydrogen-bond acceptors (Lipinski definition) is 5. The molecule has 3 N–H and O–H groups in total. The first kappa shape index (κ1) is 16.9. The van der Waals surface area contributed by atoms with E-state index in [4.69, 9.17) is 10.5 Å². The Bertz CT molecular complexity index is 660. The van der Waals surface area contributed by atoms with Gasteiger partial charge in [0.05, 0.1) is 12.9 Å². The summed E-state index contributed by atoms with van der Waals surface area (Å²) in [5, 5.41) is 2.80. The average Bonchev–Trinajstić information content (AvgIpc) is 2.46. The van der Waals surface area contributed by atoms with E-state index in [1.165, 1.54) is 17.7 Å². The summed E-state index contributed by atoms with van der Waals surface area (Å²) < 4.78 is 29.6. The van der Waals surface area contributed by atoms with Gasteiger partial charge in [-0.15, -0.1) is 0 Å². The molecule has 1 aliphatic rings. The predicted octanol–water partition coefficient (Wildman–Crippen LogP) is -0.0835. The third kappa shape index (κ3) is 3.83. The van der Waals surface area contributed by atoms with Crippen LogP contribution in [0.2, 0.25) is 0 Å². The first-order valence-corrected chi connectivity index (χ1v) is 8.79. The zero-order valence-corrected chi connectivity index (χ0v) is 13.5. The van der Waals surface area contributed by atoms with Gasteiger partial charge in [-0.1, -0.05) is 12.1 Å². The number of fused-ring (bicyclic) bond motifs is 1. The second kappa shape index (κ2) is 6.74. The molecule has 1 aromatic carbocycles. The summed E-state index contributed by atoms with van der Waals surface area (Å²) >= 11 is 0. The van der Waals surface area contributed by atoms with E-state index in [1.807, 2.05) is 6.07 Å². The molecule has 0 aliphatic carbocycles. The van der Waals surface area contributed by atoms with Crippen molar-refractivity contribution in [1.29, 1.82) is 0 Å². The molecule has 0 bridgehead atoms. The standard InChI is InChI=1S/C14H21N3O4S/c1-21-9-12(15)14(18)16-13-5-3-4-10-8-17(22(2,19)20)7-6-11(10)13/h3-5,12H,6-9,15H2,1-2H3,(H,16,18). The lowest BCUT2D eigenvalue weighted by molar-refractivity contribution is -0.118. The molecule has 0 aromatic heterocycles. The Morgan fingerprint density at radius 3 is 2.86 bits per heavy atom. The zero-order chi connectivity index (χ0) is 16.3. The Morgan fingerprint density at radius 2 is 2.23 bits per heavy atom. The number of benzene rings is 1. The molecule has 7 nitrogen and oxygen atoms in total. The van der Waals surface area contributed by atoms with Crippen LogP contribution in [0.1, 0.15) is 11.1 Å². The van der Waals surface area contributed by atoms with Crippen LogP contribution in [0.25, 0.3) is 0 Å². The van der Waals surface area contributed by atoms with Crippen LogP contribution in [0.15, 0.2) is 18.2 Å². The fraction of sp³-hybridized carbons (Fsp3) is 0.500. The van der Waals surface area contributed by atoms with Crippen LogP contribution in [0.5, 0.6) is 0 Å². The number of nitrogens with one attached hydrogen (secondary N) is 1. The lowest BCUT2D eigenvalue weighted by Gasteiger charge is -2.28. The van der Waals surface area contributed by atoms with Crippen molar-refractivity contribution in [3.8, 4) is 0 Å². The van der Waals surface area contributed by atoms with Crippen molar-refractivity contribution in [1.82, 2.24) is 4.31 Å². The Balaban J connectivity index is 2.18. The summed E-state index contributed by atoms with van der Waals surface area (Å²) in [6.07, 6.45) is 1.76. The van der Waals surface area contributed by atoms with Gasteiger partial charge in [0.15, 0.2) is 0 Å². The van der Waals surface area contributed by atoms with Gasteiger partial charge in [0.2, 0.25) is 15.9 Å². The number of ether oxygens (including phenoxy) is 1. The van der Waals surface area contributed by atoms with Crippen molar-refractivity contribution in [3.05, 3.63) is 29.3 Å². The van der Waals surface area contributed by atoms with Gasteiger partial charge in [-0.2, -0.15) is 4.31 Å². The van der Waals surface area contributed by atoms with Crippen molar-refractivity contribution < 1.29 is 17.9 Å². The first-order valence-electron chi connectivity index (χ1n) is 6.94. The fourth-order valence-corrected chi connectivity index (χ4v) is 3.26. The summed E-state index contributed by atoms with van der Waals surface area (Å²) in [5.41, 5.74) is 8.25. The van der Waals surface area contributed by atoms with E-state index in [-0.39, 0.29) is 12.5 Å². The molecule has 8 heteroatoms.